The Balaban J connectivity index is 2.08. The van der Waals surface area contributed by atoms with Gasteiger partial charge in [0.25, 0.3) is 0 Å². The van der Waals surface area contributed by atoms with Crippen molar-refractivity contribution < 1.29 is 9.47 Å². The molecule has 0 radical (unpaired) electrons. The van der Waals surface area contributed by atoms with E-state index in [2.05, 4.69) is 15.3 Å². The molecule has 0 bridgehead atoms. The number of nitrogens with one attached hydrogen (secondary N) is 1. The minimum absolute atomic E-state index is 0.566. The van der Waals surface area contributed by atoms with Gasteiger partial charge in [0, 0.05) is 17.1 Å². The van der Waals surface area contributed by atoms with Gasteiger partial charge in [-0.2, -0.15) is 0 Å². The van der Waals surface area contributed by atoms with E-state index in [1.54, 1.807) is 7.11 Å². The molecule has 0 aliphatic heterocycles. The second-order valence-electron chi connectivity index (χ2n) is 4.67. The average molecular weight is 295 g/mol. The molecular formula is C17H17N3O2. The van der Waals surface area contributed by atoms with Crippen LogP contribution in [0.2, 0.25) is 0 Å². The molecule has 0 spiro atoms. The van der Waals surface area contributed by atoms with Crippen molar-refractivity contribution in [3.8, 4) is 11.5 Å². The quantitative estimate of drug-likeness (QED) is 0.776. The zero-order valence-electron chi connectivity index (χ0n) is 12.5. The van der Waals surface area contributed by atoms with E-state index in [1.807, 2.05) is 49.4 Å². The summed E-state index contributed by atoms with van der Waals surface area (Å²) < 4.78 is 11.0. The van der Waals surface area contributed by atoms with E-state index in [9.17, 15) is 0 Å². The second-order valence-corrected chi connectivity index (χ2v) is 4.67. The monoisotopic (exact) mass is 295 g/mol. The maximum absolute atomic E-state index is 5.63. The molecule has 0 amide bonds. The van der Waals surface area contributed by atoms with Crippen molar-refractivity contribution in [2.75, 3.05) is 19.0 Å². The van der Waals surface area contributed by atoms with Crippen molar-refractivity contribution in [3.63, 3.8) is 0 Å². The van der Waals surface area contributed by atoms with Crippen molar-refractivity contribution in [2.45, 2.75) is 6.92 Å². The molecule has 1 aromatic heterocycles. The smallest absolute Gasteiger partial charge is 0.162 e. The molecule has 0 atom stereocenters. The summed E-state index contributed by atoms with van der Waals surface area (Å²) in [5.74, 6) is 2.09. The van der Waals surface area contributed by atoms with Crippen LogP contribution in [0.5, 0.6) is 11.5 Å². The first-order chi connectivity index (χ1) is 10.8. The first kappa shape index (κ1) is 14.1. The zero-order chi connectivity index (χ0) is 15.4. The highest BCUT2D eigenvalue weighted by molar-refractivity contribution is 5.93. The highest BCUT2D eigenvalue weighted by Crippen LogP contribution is 2.34. The van der Waals surface area contributed by atoms with Gasteiger partial charge in [0.15, 0.2) is 11.5 Å². The standard InChI is InChI=1S/C17H17N3O2/c1-3-22-16-9-13-14(10-15(16)21-2)18-11-19-17(13)20-12-7-5-4-6-8-12/h4-11H,3H2,1-2H3,(H,18,19,20). The number of hydrogen-bond acceptors (Lipinski definition) is 5. The lowest BCUT2D eigenvalue weighted by Crippen LogP contribution is -1.99. The summed E-state index contributed by atoms with van der Waals surface area (Å²) in [7, 11) is 1.62. The lowest BCUT2D eigenvalue weighted by Gasteiger charge is -2.13. The second kappa shape index (κ2) is 6.30. The van der Waals surface area contributed by atoms with Gasteiger partial charge in [-0.1, -0.05) is 18.2 Å². The minimum atomic E-state index is 0.566. The first-order valence-corrected chi connectivity index (χ1v) is 7.09. The van der Waals surface area contributed by atoms with Gasteiger partial charge in [-0.15, -0.1) is 0 Å². The molecule has 112 valence electrons. The van der Waals surface area contributed by atoms with Crippen LogP contribution in [-0.4, -0.2) is 23.7 Å². The van der Waals surface area contributed by atoms with Crippen LogP contribution in [0.15, 0.2) is 48.8 Å². The van der Waals surface area contributed by atoms with Gasteiger partial charge in [0.2, 0.25) is 0 Å². The minimum Gasteiger partial charge on any atom is -0.493 e. The Bertz CT molecular complexity index is 775. The number of para-hydroxylation sites is 1. The zero-order valence-corrected chi connectivity index (χ0v) is 12.5. The van der Waals surface area contributed by atoms with Gasteiger partial charge in [-0.3, -0.25) is 0 Å². The molecule has 0 fully saturated rings. The van der Waals surface area contributed by atoms with Gasteiger partial charge in [-0.25, -0.2) is 9.97 Å². The summed E-state index contributed by atoms with van der Waals surface area (Å²) in [6.45, 7) is 2.51. The fraction of sp³-hybridized carbons (Fsp3) is 0.176. The molecule has 0 aliphatic rings. The molecule has 0 aliphatic carbocycles. The summed E-state index contributed by atoms with van der Waals surface area (Å²) >= 11 is 0. The Morgan fingerprint density at radius 1 is 1.05 bits per heavy atom. The average Bonchev–Trinajstić information content (AvgIpc) is 2.56. The number of anilines is 2. The van der Waals surface area contributed by atoms with Crippen LogP contribution in [0.1, 0.15) is 6.92 Å². The first-order valence-electron chi connectivity index (χ1n) is 7.09. The summed E-state index contributed by atoms with van der Waals surface area (Å²) in [6, 6.07) is 13.7. The number of rotatable bonds is 5. The molecule has 1 N–H and O–H groups in total. The van der Waals surface area contributed by atoms with Crippen LogP contribution in [-0.2, 0) is 0 Å². The van der Waals surface area contributed by atoms with Crippen molar-refractivity contribution >= 4 is 22.4 Å². The predicted molar refractivity (Wildman–Crippen MR) is 87.0 cm³/mol. The van der Waals surface area contributed by atoms with Crippen molar-refractivity contribution in [3.05, 3.63) is 48.8 Å². The highest BCUT2D eigenvalue weighted by Gasteiger charge is 2.11. The number of methoxy groups -OCH3 is 1. The predicted octanol–water partition coefficient (Wildman–Crippen LogP) is 3.78. The summed E-state index contributed by atoms with van der Waals surface area (Å²) in [6.07, 6.45) is 1.54. The SMILES string of the molecule is CCOc1cc2c(Nc3ccccc3)ncnc2cc1OC. The molecule has 5 nitrogen and oxygen atoms in total. The Hall–Kier alpha value is -2.82. The van der Waals surface area contributed by atoms with Crippen LogP contribution in [0.3, 0.4) is 0 Å². The molecule has 22 heavy (non-hydrogen) atoms. The fourth-order valence-electron chi connectivity index (χ4n) is 2.25. The van der Waals surface area contributed by atoms with E-state index in [0.29, 0.717) is 18.1 Å². The summed E-state index contributed by atoms with van der Waals surface area (Å²) in [4.78, 5) is 8.65. The molecule has 2 aromatic carbocycles. The molecule has 3 aromatic rings. The third kappa shape index (κ3) is 2.79. The largest absolute Gasteiger partial charge is 0.493 e. The Labute approximate surface area is 128 Å². The third-order valence-electron chi connectivity index (χ3n) is 3.26. The van der Waals surface area contributed by atoms with E-state index in [-0.39, 0.29) is 0 Å². The topological polar surface area (TPSA) is 56.3 Å². The normalized spacial score (nSPS) is 10.5. The van der Waals surface area contributed by atoms with E-state index in [0.717, 1.165) is 22.4 Å². The number of fused-ring (bicyclic) bond motifs is 1. The lowest BCUT2D eigenvalue weighted by molar-refractivity contribution is 0.311. The molecule has 5 heteroatoms. The number of ether oxygens (including phenoxy) is 2. The van der Waals surface area contributed by atoms with Gasteiger partial charge in [0.05, 0.1) is 19.2 Å². The van der Waals surface area contributed by atoms with Gasteiger partial charge >= 0.3 is 0 Å². The molecule has 0 saturated carbocycles. The van der Waals surface area contributed by atoms with E-state index >= 15 is 0 Å². The Morgan fingerprint density at radius 2 is 1.86 bits per heavy atom. The maximum Gasteiger partial charge on any atom is 0.162 e. The molecule has 1 heterocycles. The third-order valence-corrected chi connectivity index (χ3v) is 3.26. The molecule has 0 saturated heterocycles. The van der Waals surface area contributed by atoms with Crippen LogP contribution >= 0.6 is 0 Å². The van der Waals surface area contributed by atoms with Crippen molar-refractivity contribution in [2.24, 2.45) is 0 Å². The van der Waals surface area contributed by atoms with Gasteiger partial charge in [0.1, 0.15) is 12.1 Å². The number of aromatic nitrogens is 2. The van der Waals surface area contributed by atoms with E-state index < -0.39 is 0 Å². The summed E-state index contributed by atoms with van der Waals surface area (Å²) in [5.41, 5.74) is 1.77. The van der Waals surface area contributed by atoms with Crippen LogP contribution in [0.4, 0.5) is 11.5 Å². The van der Waals surface area contributed by atoms with Crippen molar-refractivity contribution in [1.29, 1.82) is 0 Å². The van der Waals surface area contributed by atoms with Crippen LogP contribution in [0.25, 0.3) is 10.9 Å². The van der Waals surface area contributed by atoms with Crippen molar-refractivity contribution in [1.82, 2.24) is 9.97 Å². The number of nitrogens with zero attached hydrogens (tertiary/aromatic N) is 2. The lowest BCUT2D eigenvalue weighted by atomic mass is 10.2. The number of benzene rings is 2. The van der Waals surface area contributed by atoms with Gasteiger partial charge in [-0.05, 0) is 25.1 Å². The molecule has 3 rings (SSSR count). The molecule has 0 unspecified atom stereocenters. The van der Waals surface area contributed by atoms with Crippen LogP contribution < -0.4 is 14.8 Å². The van der Waals surface area contributed by atoms with Crippen LogP contribution in [0, 0.1) is 0 Å². The number of hydrogen-bond donors (Lipinski definition) is 1. The van der Waals surface area contributed by atoms with E-state index in [1.165, 1.54) is 6.33 Å². The van der Waals surface area contributed by atoms with Gasteiger partial charge < -0.3 is 14.8 Å². The van der Waals surface area contributed by atoms with E-state index in [4.69, 9.17) is 9.47 Å². The highest BCUT2D eigenvalue weighted by atomic mass is 16.5. The molecular weight excluding hydrogens is 278 g/mol. The maximum atomic E-state index is 5.63. The summed E-state index contributed by atoms with van der Waals surface area (Å²) in [5, 5.41) is 4.19. The Morgan fingerprint density at radius 3 is 2.59 bits per heavy atom. The fourth-order valence-corrected chi connectivity index (χ4v) is 2.25. The Kier molecular flexibility index (Phi) is 4.05.